The average molecular weight is 255 g/mol. The Bertz CT molecular complexity index is 402. The third-order valence-electron chi connectivity index (χ3n) is 1.66. The molecule has 0 N–H and O–H groups in total. The molecule has 0 radical (unpaired) electrons. The van der Waals surface area contributed by atoms with Gasteiger partial charge in [-0.2, -0.15) is 4.31 Å². The minimum Gasteiger partial charge on any atom is -0.245 e. The highest BCUT2D eigenvalue weighted by Crippen LogP contribution is 2.12. The summed E-state index contributed by atoms with van der Waals surface area (Å²) >= 11 is 6.81. The van der Waals surface area contributed by atoms with Gasteiger partial charge in [-0.15, -0.1) is 22.9 Å². The summed E-state index contributed by atoms with van der Waals surface area (Å²) in [6.45, 7) is 2.16. The molecular formula is C7H11ClN2O2S2. The van der Waals surface area contributed by atoms with E-state index in [4.69, 9.17) is 11.6 Å². The zero-order valence-electron chi connectivity index (χ0n) is 7.90. The summed E-state index contributed by atoms with van der Waals surface area (Å²) < 4.78 is 23.8. The van der Waals surface area contributed by atoms with Crippen molar-refractivity contribution in [2.24, 2.45) is 0 Å². The van der Waals surface area contributed by atoms with E-state index in [1.165, 1.54) is 22.7 Å². The van der Waals surface area contributed by atoms with Crippen LogP contribution in [0.1, 0.15) is 10.7 Å². The highest BCUT2D eigenvalue weighted by molar-refractivity contribution is 7.90. The SMILES string of the molecule is Cc1nc(CN(C)S(=O)(=O)CCl)cs1. The Morgan fingerprint density at radius 3 is 2.71 bits per heavy atom. The molecular weight excluding hydrogens is 244 g/mol. The summed E-state index contributed by atoms with van der Waals surface area (Å²) in [5, 5.41) is 2.37. The zero-order valence-corrected chi connectivity index (χ0v) is 10.3. The Morgan fingerprint density at radius 2 is 2.29 bits per heavy atom. The van der Waals surface area contributed by atoms with E-state index < -0.39 is 15.2 Å². The molecule has 0 saturated heterocycles. The van der Waals surface area contributed by atoms with Gasteiger partial charge in [-0.05, 0) is 6.92 Å². The minimum atomic E-state index is -3.32. The normalized spacial score (nSPS) is 12.3. The van der Waals surface area contributed by atoms with Crippen molar-refractivity contribution in [3.05, 3.63) is 16.1 Å². The van der Waals surface area contributed by atoms with Gasteiger partial charge < -0.3 is 0 Å². The van der Waals surface area contributed by atoms with Gasteiger partial charge in [-0.3, -0.25) is 0 Å². The quantitative estimate of drug-likeness (QED) is 0.764. The summed E-state index contributed by atoms with van der Waals surface area (Å²) in [6, 6.07) is 0. The molecule has 0 amide bonds. The second-order valence-corrected chi connectivity index (χ2v) is 6.56. The van der Waals surface area contributed by atoms with Crippen molar-refractivity contribution in [3.8, 4) is 0 Å². The first-order valence-corrected chi connectivity index (χ1v) is 6.89. The molecule has 0 aromatic carbocycles. The smallest absolute Gasteiger partial charge is 0.228 e. The molecule has 0 unspecified atom stereocenters. The van der Waals surface area contributed by atoms with Crippen LogP contribution in [0.25, 0.3) is 0 Å². The predicted molar refractivity (Wildman–Crippen MR) is 58.0 cm³/mol. The highest BCUT2D eigenvalue weighted by atomic mass is 35.5. The first kappa shape index (κ1) is 11.9. The molecule has 0 saturated carbocycles. The Morgan fingerprint density at radius 1 is 1.64 bits per heavy atom. The number of hydrogen-bond acceptors (Lipinski definition) is 4. The van der Waals surface area contributed by atoms with Crippen molar-refractivity contribution in [1.82, 2.24) is 9.29 Å². The molecule has 0 aliphatic rings. The maximum absolute atomic E-state index is 11.3. The predicted octanol–water partition coefficient (Wildman–Crippen LogP) is 1.41. The zero-order chi connectivity index (χ0) is 10.8. The number of thiazole rings is 1. The van der Waals surface area contributed by atoms with E-state index in [0.29, 0.717) is 0 Å². The van der Waals surface area contributed by atoms with Crippen LogP contribution in [0.2, 0.25) is 0 Å². The topological polar surface area (TPSA) is 50.3 Å². The van der Waals surface area contributed by atoms with Crippen molar-refractivity contribution < 1.29 is 8.42 Å². The lowest BCUT2D eigenvalue weighted by Gasteiger charge is -2.13. The number of halogens is 1. The number of hydrogen-bond donors (Lipinski definition) is 0. The van der Waals surface area contributed by atoms with Crippen molar-refractivity contribution in [1.29, 1.82) is 0 Å². The molecule has 0 atom stereocenters. The molecule has 1 aromatic rings. The van der Waals surface area contributed by atoms with Gasteiger partial charge in [0.1, 0.15) is 5.21 Å². The number of aryl methyl sites for hydroxylation is 1. The Balaban J connectivity index is 2.71. The van der Waals surface area contributed by atoms with Crippen molar-refractivity contribution in [2.45, 2.75) is 13.5 Å². The lowest BCUT2D eigenvalue weighted by molar-refractivity contribution is 0.467. The minimum absolute atomic E-state index is 0.277. The first-order chi connectivity index (χ1) is 6.45. The standard InChI is InChI=1S/C7H11ClN2O2S2/c1-6-9-7(4-13-6)3-10(2)14(11,12)5-8/h4H,3,5H2,1-2H3. The van der Waals surface area contributed by atoms with Crippen LogP contribution in [0.5, 0.6) is 0 Å². The van der Waals surface area contributed by atoms with Crippen LogP contribution in [0.4, 0.5) is 0 Å². The van der Waals surface area contributed by atoms with Gasteiger partial charge in [0.05, 0.1) is 17.2 Å². The van der Waals surface area contributed by atoms with Gasteiger partial charge in [-0.25, -0.2) is 13.4 Å². The van der Waals surface area contributed by atoms with E-state index in [1.54, 1.807) is 0 Å². The Labute approximate surface area is 92.6 Å². The van der Waals surface area contributed by atoms with Crippen LogP contribution in [0.15, 0.2) is 5.38 Å². The van der Waals surface area contributed by atoms with Crippen LogP contribution in [-0.4, -0.2) is 30.0 Å². The van der Waals surface area contributed by atoms with Crippen molar-refractivity contribution in [3.63, 3.8) is 0 Å². The van der Waals surface area contributed by atoms with Gasteiger partial charge in [0, 0.05) is 12.4 Å². The fourth-order valence-corrected chi connectivity index (χ4v) is 2.49. The maximum Gasteiger partial charge on any atom is 0.228 e. The number of rotatable bonds is 4. The molecule has 1 aromatic heterocycles. The maximum atomic E-state index is 11.3. The molecule has 80 valence electrons. The largest absolute Gasteiger partial charge is 0.245 e. The van der Waals surface area contributed by atoms with Crippen LogP contribution in [0, 0.1) is 6.92 Å². The summed E-state index contributed by atoms with van der Waals surface area (Å²) in [6.07, 6.45) is 0. The molecule has 4 nitrogen and oxygen atoms in total. The highest BCUT2D eigenvalue weighted by Gasteiger charge is 2.17. The fourth-order valence-electron chi connectivity index (χ4n) is 0.891. The second-order valence-electron chi connectivity index (χ2n) is 2.83. The van der Waals surface area contributed by atoms with E-state index in [0.717, 1.165) is 10.7 Å². The molecule has 0 fully saturated rings. The van der Waals surface area contributed by atoms with E-state index >= 15 is 0 Å². The first-order valence-electron chi connectivity index (χ1n) is 3.86. The summed E-state index contributed by atoms with van der Waals surface area (Å²) in [4.78, 5) is 4.17. The van der Waals surface area contributed by atoms with E-state index in [1.807, 2.05) is 12.3 Å². The number of nitrogens with zero attached hydrogens (tertiary/aromatic N) is 2. The van der Waals surface area contributed by atoms with Gasteiger partial charge in [0.25, 0.3) is 0 Å². The van der Waals surface area contributed by atoms with Crippen LogP contribution in [-0.2, 0) is 16.6 Å². The molecule has 0 bridgehead atoms. The molecule has 1 heterocycles. The number of alkyl halides is 1. The molecule has 0 spiro atoms. The lowest BCUT2D eigenvalue weighted by atomic mass is 10.5. The van der Waals surface area contributed by atoms with Crippen LogP contribution in [0.3, 0.4) is 0 Å². The summed E-state index contributed by atoms with van der Waals surface area (Å²) in [5.41, 5.74) is 0.753. The molecule has 1 rings (SSSR count). The monoisotopic (exact) mass is 254 g/mol. The van der Waals surface area contributed by atoms with Crippen molar-refractivity contribution in [2.75, 3.05) is 12.3 Å². The van der Waals surface area contributed by atoms with E-state index in [9.17, 15) is 8.42 Å². The average Bonchev–Trinajstić information content (AvgIpc) is 2.51. The Kier molecular flexibility index (Phi) is 3.88. The number of sulfonamides is 1. The van der Waals surface area contributed by atoms with E-state index in [-0.39, 0.29) is 6.54 Å². The molecule has 0 aliphatic carbocycles. The van der Waals surface area contributed by atoms with Crippen LogP contribution >= 0.6 is 22.9 Å². The van der Waals surface area contributed by atoms with E-state index in [2.05, 4.69) is 4.98 Å². The summed E-state index contributed by atoms with van der Waals surface area (Å²) in [7, 11) is -1.83. The number of aromatic nitrogens is 1. The third kappa shape index (κ3) is 2.91. The second kappa shape index (κ2) is 4.57. The molecule has 14 heavy (non-hydrogen) atoms. The fraction of sp³-hybridized carbons (Fsp3) is 0.571. The van der Waals surface area contributed by atoms with Crippen molar-refractivity contribution >= 4 is 33.0 Å². The van der Waals surface area contributed by atoms with Gasteiger partial charge in [0.2, 0.25) is 10.0 Å². The molecule has 0 aliphatic heterocycles. The van der Waals surface area contributed by atoms with Gasteiger partial charge in [-0.1, -0.05) is 0 Å². The van der Waals surface area contributed by atoms with Crippen LogP contribution < -0.4 is 0 Å². The van der Waals surface area contributed by atoms with Gasteiger partial charge >= 0.3 is 0 Å². The Hall–Kier alpha value is -0.170. The summed E-state index contributed by atoms with van der Waals surface area (Å²) in [5.74, 6) is 0. The molecule has 7 heteroatoms. The lowest BCUT2D eigenvalue weighted by Crippen LogP contribution is -2.27. The van der Waals surface area contributed by atoms with Gasteiger partial charge in [0.15, 0.2) is 0 Å². The third-order valence-corrected chi connectivity index (χ3v) is 4.67.